The van der Waals surface area contributed by atoms with Crippen LogP contribution in [0.5, 0.6) is 5.88 Å². The van der Waals surface area contributed by atoms with Gasteiger partial charge in [0.15, 0.2) is 0 Å². The maximum absolute atomic E-state index is 11.9. The number of ether oxygens (including phenoxy) is 1. The molecule has 4 nitrogen and oxygen atoms in total. The van der Waals surface area contributed by atoms with Gasteiger partial charge in [-0.05, 0) is 38.1 Å². The van der Waals surface area contributed by atoms with Crippen LogP contribution < -0.4 is 10.1 Å². The van der Waals surface area contributed by atoms with Gasteiger partial charge < -0.3 is 10.1 Å². The van der Waals surface area contributed by atoms with E-state index in [4.69, 9.17) is 4.74 Å². The van der Waals surface area contributed by atoms with E-state index in [0.717, 1.165) is 10.4 Å². The number of carbonyl (C=O) groups is 1. The van der Waals surface area contributed by atoms with Crippen molar-refractivity contribution in [2.75, 3.05) is 7.11 Å². The number of rotatable bonds is 4. The zero-order valence-corrected chi connectivity index (χ0v) is 12.0. The van der Waals surface area contributed by atoms with E-state index in [-0.39, 0.29) is 11.9 Å². The molecule has 0 atom stereocenters. The van der Waals surface area contributed by atoms with E-state index < -0.39 is 0 Å². The topological polar surface area (TPSA) is 51.2 Å². The number of hydrogen-bond donors (Lipinski definition) is 1. The number of nitrogens with one attached hydrogen (secondary N) is 1. The number of amides is 1. The Hall–Kier alpha value is -1.88. The SMILES string of the molecule is COc1ncccc1-c1ccc(C(=O)NC(C)C)s1. The van der Waals surface area contributed by atoms with Crippen LogP contribution in [0.3, 0.4) is 0 Å². The maximum atomic E-state index is 11.9. The highest BCUT2D eigenvalue weighted by Crippen LogP contribution is 2.33. The summed E-state index contributed by atoms with van der Waals surface area (Å²) in [4.78, 5) is 17.7. The molecule has 1 N–H and O–H groups in total. The molecule has 0 aliphatic heterocycles. The summed E-state index contributed by atoms with van der Waals surface area (Å²) in [6.07, 6.45) is 1.68. The highest BCUT2D eigenvalue weighted by Gasteiger charge is 2.13. The van der Waals surface area contributed by atoms with Gasteiger partial charge in [-0.15, -0.1) is 11.3 Å². The summed E-state index contributed by atoms with van der Waals surface area (Å²) in [5.41, 5.74) is 0.901. The average Bonchev–Trinajstić information content (AvgIpc) is 2.87. The molecule has 0 saturated carbocycles. The van der Waals surface area contributed by atoms with E-state index in [1.807, 2.05) is 38.1 Å². The minimum Gasteiger partial charge on any atom is -0.481 e. The lowest BCUT2D eigenvalue weighted by Crippen LogP contribution is -2.29. The van der Waals surface area contributed by atoms with E-state index >= 15 is 0 Å². The summed E-state index contributed by atoms with van der Waals surface area (Å²) in [6.45, 7) is 3.88. The van der Waals surface area contributed by atoms with Crippen molar-refractivity contribution in [1.29, 1.82) is 0 Å². The van der Waals surface area contributed by atoms with Crippen molar-refractivity contribution >= 4 is 17.2 Å². The molecule has 19 heavy (non-hydrogen) atoms. The van der Waals surface area contributed by atoms with Crippen LogP contribution >= 0.6 is 11.3 Å². The fourth-order valence-electron chi connectivity index (χ4n) is 1.68. The fourth-order valence-corrected chi connectivity index (χ4v) is 2.61. The van der Waals surface area contributed by atoms with Crippen molar-refractivity contribution in [2.24, 2.45) is 0 Å². The Balaban J connectivity index is 2.28. The molecule has 0 fully saturated rings. The zero-order valence-electron chi connectivity index (χ0n) is 11.1. The third-order valence-corrected chi connectivity index (χ3v) is 3.60. The minimum atomic E-state index is -0.0471. The number of methoxy groups -OCH3 is 1. The number of hydrogen-bond acceptors (Lipinski definition) is 4. The minimum absolute atomic E-state index is 0.0471. The standard InChI is InChI=1S/C14H16N2O2S/c1-9(2)16-13(17)12-7-6-11(19-12)10-5-4-8-15-14(10)18-3/h4-9H,1-3H3,(H,16,17). The van der Waals surface area contributed by atoms with Crippen LogP contribution in [-0.4, -0.2) is 24.0 Å². The van der Waals surface area contributed by atoms with Gasteiger partial charge in [0, 0.05) is 17.1 Å². The van der Waals surface area contributed by atoms with Gasteiger partial charge in [-0.1, -0.05) is 0 Å². The van der Waals surface area contributed by atoms with E-state index in [0.29, 0.717) is 10.8 Å². The molecule has 2 heterocycles. The van der Waals surface area contributed by atoms with Crippen molar-refractivity contribution in [3.8, 4) is 16.3 Å². The average molecular weight is 276 g/mol. The van der Waals surface area contributed by atoms with Crippen LogP contribution in [0.1, 0.15) is 23.5 Å². The summed E-state index contributed by atoms with van der Waals surface area (Å²) in [6, 6.07) is 7.66. The largest absolute Gasteiger partial charge is 0.481 e. The Labute approximate surface area is 116 Å². The molecule has 0 radical (unpaired) electrons. The van der Waals surface area contributed by atoms with E-state index in [1.165, 1.54) is 11.3 Å². The van der Waals surface area contributed by atoms with Gasteiger partial charge >= 0.3 is 0 Å². The molecule has 0 aliphatic carbocycles. The van der Waals surface area contributed by atoms with Gasteiger partial charge in [-0.25, -0.2) is 4.98 Å². The lowest BCUT2D eigenvalue weighted by Gasteiger charge is -2.06. The number of nitrogens with zero attached hydrogens (tertiary/aromatic N) is 1. The Bertz CT molecular complexity index is 578. The van der Waals surface area contributed by atoms with E-state index in [9.17, 15) is 4.79 Å². The van der Waals surface area contributed by atoms with Gasteiger partial charge in [0.25, 0.3) is 5.91 Å². The second-order valence-corrected chi connectivity index (χ2v) is 5.44. The van der Waals surface area contributed by atoms with E-state index in [2.05, 4.69) is 10.3 Å². The van der Waals surface area contributed by atoms with Gasteiger partial charge in [-0.3, -0.25) is 4.79 Å². The van der Waals surface area contributed by atoms with Gasteiger partial charge in [0.1, 0.15) is 0 Å². The third-order valence-electron chi connectivity index (χ3n) is 2.48. The lowest BCUT2D eigenvalue weighted by atomic mass is 10.2. The van der Waals surface area contributed by atoms with Gasteiger partial charge in [-0.2, -0.15) is 0 Å². The Morgan fingerprint density at radius 1 is 1.37 bits per heavy atom. The van der Waals surface area contributed by atoms with Crippen molar-refractivity contribution in [1.82, 2.24) is 10.3 Å². The molecule has 2 aromatic rings. The molecule has 1 amide bonds. The van der Waals surface area contributed by atoms with Crippen molar-refractivity contribution in [3.05, 3.63) is 35.3 Å². The first-order valence-electron chi connectivity index (χ1n) is 6.02. The van der Waals surface area contributed by atoms with Gasteiger partial charge in [0.05, 0.1) is 17.6 Å². The first-order valence-corrected chi connectivity index (χ1v) is 6.83. The number of pyridine rings is 1. The predicted molar refractivity (Wildman–Crippen MR) is 76.7 cm³/mol. The summed E-state index contributed by atoms with van der Waals surface area (Å²) in [5, 5.41) is 2.88. The summed E-state index contributed by atoms with van der Waals surface area (Å²) >= 11 is 1.43. The second kappa shape index (κ2) is 5.84. The van der Waals surface area contributed by atoms with Crippen molar-refractivity contribution in [3.63, 3.8) is 0 Å². The van der Waals surface area contributed by atoms with Crippen LogP contribution in [0, 0.1) is 0 Å². The maximum Gasteiger partial charge on any atom is 0.261 e. The van der Waals surface area contributed by atoms with Crippen LogP contribution in [-0.2, 0) is 0 Å². The van der Waals surface area contributed by atoms with Crippen molar-refractivity contribution < 1.29 is 9.53 Å². The molecular weight excluding hydrogens is 260 g/mol. The summed E-state index contributed by atoms with van der Waals surface area (Å²) < 4.78 is 5.23. The van der Waals surface area contributed by atoms with E-state index in [1.54, 1.807) is 13.3 Å². The van der Waals surface area contributed by atoms with Gasteiger partial charge in [0.2, 0.25) is 5.88 Å². The lowest BCUT2D eigenvalue weighted by molar-refractivity contribution is 0.0947. The fraction of sp³-hybridized carbons (Fsp3) is 0.286. The second-order valence-electron chi connectivity index (χ2n) is 4.35. The zero-order chi connectivity index (χ0) is 13.8. The summed E-state index contributed by atoms with van der Waals surface area (Å²) in [7, 11) is 1.59. The number of carbonyl (C=O) groups excluding carboxylic acids is 1. The normalized spacial score (nSPS) is 10.5. The Morgan fingerprint density at radius 3 is 2.84 bits per heavy atom. The predicted octanol–water partition coefficient (Wildman–Crippen LogP) is 2.96. The molecule has 0 aliphatic rings. The summed E-state index contributed by atoms with van der Waals surface area (Å²) in [5.74, 6) is 0.522. The van der Waals surface area contributed by atoms with Crippen LogP contribution in [0.15, 0.2) is 30.5 Å². The van der Waals surface area contributed by atoms with Crippen LogP contribution in [0.25, 0.3) is 10.4 Å². The quantitative estimate of drug-likeness (QED) is 0.934. The molecule has 2 rings (SSSR count). The van der Waals surface area contributed by atoms with Crippen LogP contribution in [0.4, 0.5) is 0 Å². The highest BCUT2D eigenvalue weighted by atomic mass is 32.1. The molecule has 0 saturated heterocycles. The first kappa shape index (κ1) is 13.5. The van der Waals surface area contributed by atoms with Crippen LogP contribution in [0.2, 0.25) is 0 Å². The third kappa shape index (κ3) is 3.12. The molecule has 0 spiro atoms. The number of thiophene rings is 1. The molecule has 0 bridgehead atoms. The first-order chi connectivity index (χ1) is 9.11. The molecule has 5 heteroatoms. The smallest absolute Gasteiger partial charge is 0.261 e. The Kier molecular flexibility index (Phi) is 4.16. The monoisotopic (exact) mass is 276 g/mol. The molecule has 2 aromatic heterocycles. The molecular formula is C14H16N2O2S. The highest BCUT2D eigenvalue weighted by molar-refractivity contribution is 7.17. The van der Waals surface area contributed by atoms with Crippen molar-refractivity contribution in [2.45, 2.75) is 19.9 Å². The molecule has 0 unspecified atom stereocenters. The Morgan fingerprint density at radius 2 is 2.16 bits per heavy atom. The number of aromatic nitrogens is 1. The molecule has 100 valence electrons. The molecule has 0 aromatic carbocycles.